The number of amides is 1. The Labute approximate surface area is 123 Å². The van der Waals surface area contributed by atoms with Gasteiger partial charge >= 0.3 is 0 Å². The number of nitro groups is 1. The van der Waals surface area contributed by atoms with E-state index in [4.69, 9.17) is 4.74 Å². The van der Waals surface area contributed by atoms with Gasteiger partial charge in [-0.15, -0.1) is 0 Å². The van der Waals surface area contributed by atoms with Gasteiger partial charge in [-0.2, -0.15) is 0 Å². The molecule has 1 amide bonds. The number of rotatable bonds is 5. The largest absolute Gasteiger partial charge is 0.497 e. The summed E-state index contributed by atoms with van der Waals surface area (Å²) in [5, 5.41) is 14.2. The van der Waals surface area contributed by atoms with Crippen LogP contribution in [-0.4, -0.2) is 49.5 Å². The normalized spacial score (nSPS) is 17.8. The van der Waals surface area contributed by atoms with Gasteiger partial charge < -0.3 is 15.0 Å². The first-order valence-corrected chi connectivity index (χ1v) is 6.83. The van der Waals surface area contributed by atoms with Gasteiger partial charge in [0, 0.05) is 19.2 Å². The molecule has 1 aliphatic rings. The van der Waals surface area contributed by atoms with Gasteiger partial charge in [0.2, 0.25) is 0 Å². The summed E-state index contributed by atoms with van der Waals surface area (Å²) in [4.78, 5) is 24.8. The number of hydrogen-bond acceptors (Lipinski definition) is 5. The number of nitrogens with zero attached hydrogens (tertiary/aromatic N) is 2. The molecule has 0 spiro atoms. The van der Waals surface area contributed by atoms with E-state index < -0.39 is 4.92 Å². The van der Waals surface area contributed by atoms with E-state index in [0.717, 1.165) is 13.0 Å². The van der Waals surface area contributed by atoms with Gasteiger partial charge in [-0.3, -0.25) is 14.9 Å². The van der Waals surface area contributed by atoms with Crippen molar-refractivity contribution in [2.75, 3.05) is 33.8 Å². The molecule has 1 aromatic rings. The standard InChI is InChI=1S/C14H19N3O4/c1-15-8-10-5-6-16(9-10)14(18)12-7-11(21-2)3-4-13(12)17(19)20/h3-4,7,10,15H,5-6,8-9H2,1-2H3. The molecule has 1 aliphatic heterocycles. The highest BCUT2D eigenvalue weighted by atomic mass is 16.6. The molecule has 1 atom stereocenters. The van der Waals surface area contributed by atoms with Crippen LogP contribution < -0.4 is 10.1 Å². The lowest BCUT2D eigenvalue weighted by Gasteiger charge is -2.17. The Kier molecular flexibility index (Phi) is 4.74. The lowest BCUT2D eigenvalue weighted by molar-refractivity contribution is -0.385. The molecule has 7 heteroatoms. The van der Waals surface area contributed by atoms with Crippen LogP contribution in [-0.2, 0) is 0 Å². The molecule has 0 aliphatic carbocycles. The predicted molar refractivity (Wildman–Crippen MR) is 77.6 cm³/mol. The summed E-state index contributed by atoms with van der Waals surface area (Å²) in [7, 11) is 3.34. The number of carbonyl (C=O) groups excluding carboxylic acids is 1. The Morgan fingerprint density at radius 3 is 2.95 bits per heavy atom. The average Bonchev–Trinajstić information content (AvgIpc) is 2.94. The van der Waals surface area contributed by atoms with Crippen LogP contribution in [0.2, 0.25) is 0 Å². The highest BCUT2D eigenvalue weighted by Crippen LogP contribution is 2.27. The molecule has 114 valence electrons. The number of carbonyl (C=O) groups is 1. The first-order chi connectivity index (χ1) is 10.1. The summed E-state index contributed by atoms with van der Waals surface area (Å²) < 4.78 is 5.06. The Hall–Kier alpha value is -2.15. The minimum Gasteiger partial charge on any atom is -0.497 e. The van der Waals surface area contributed by atoms with Crippen LogP contribution in [0.25, 0.3) is 0 Å². The summed E-state index contributed by atoms with van der Waals surface area (Å²) in [6.07, 6.45) is 0.907. The molecule has 0 saturated carbocycles. The number of nitrogens with one attached hydrogen (secondary N) is 1. The second-order valence-corrected chi connectivity index (χ2v) is 5.10. The van der Waals surface area contributed by atoms with Crippen molar-refractivity contribution in [2.45, 2.75) is 6.42 Å². The fourth-order valence-corrected chi connectivity index (χ4v) is 2.62. The van der Waals surface area contributed by atoms with E-state index >= 15 is 0 Å². The molecule has 1 fully saturated rings. The number of benzene rings is 1. The van der Waals surface area contributed by atoms with Crippen LogP contribution in [0.3, 0.4) is 0 Å². The van der Waals surface area contributed by atoms with E-state index in [1.54, 1.807) is 4.90 Å². The Bertz CT molecular complexity index is 547. The summed E-state index contributed by atoms with van der Waals surface area (Å²) >= 11 is 0. The fraction of sp³-hybridized carbons (Fsp3) is 0.500. The molecule has 1 heterocycles. The number of hydrogen-bond donors (Lipinski definition) is 1. The van der Waals surface area contributed by atoms with Crippen molar-refractivity contribution in [1.82, 2.24) is 10.2 Å². The maximum Gasteiger partial charge on any atom is 0.282 e. The Balaban J connectivity index is 2.24. The minimum atomic E-state index is -0.534. The average molecular weight is 293 g/mol. The van der Waals surface area contributed by atoms with Crippen LogP contribution in [0.4, 0.5) is 5.69 Å². The van der Waals surface area contributed by atoms with Crippen molar-refractivity contribution in [3.63, 3.8) is 0 Å². The summed E-state index contributed by atoms with van der Waals surface area (Å²) in [5.74, 6) is 0.526. The number of likely N-dealkylation sites (tertiary alicyclic amines) is 1. The highest BCUT2D eigenvalue weighted by Gasteiger charge is 2.30. The van der Waals surface area contributed by atoms with Crippen molar-refractivity contribution in [2.24, 2.45) is 5.92 Å². The van der Waals surface area contributed by atoms with Gasteiger partial charge in [0.05, 0.1) is 12.0 Å². The molecule has 1 aromatic carbocycles. The molecule has 0 radical (unpaired) electrons. The van der Waals surface area contributed by atoms with Gasteiger partial charge in [-0.05, 0) is 38.1 Å². The van der Waals surface area contributed by atoms with Crippen LogP contribution >= 0.6 is 0 Å². The highest BCUT2D eigenvalue weighted by molar-refractivity contribution is 5.98. The molecule has 2 rings (SSSR count). The van der Waals surface area contributed by atoms with Crippen LogP contribution in [0.1, 0.15) is 16.8 Å². The van der Waals surface area contributed by atoms with Gasteiger partial charge in [0.15, 0.2) is 0 Å². The van der Waals surface area contributed by atoms with Crippen LogP contribution in [0, 0.1) is 16.0 Å². The van der Waals surface area contributed by atoms with Gasteiger partial charge in [-0.1, -0.05) is 0 Å². The third-order valence-electron chi connectivity index (χ3n) is 3.70. The van der Waals surface area contributed by atoms with E-state index in [9.17, 15) is 14.9 Å². The summed E-state index contributed by atoms with van der Waals surface area (Å²) in [5.41, 5.74) is -0.0951. The molecule has 7 nitrogen and oxygen atoms in total. The zero-order chi connectivity index (χ0) is 15.4. The van der Waals surface area contributed by atoms with Crippen molar-refractivity contribution in [3.05, 3.63) is 33.9 Å². The zero-order valence-corrected chi connectivity index (χ0v) is 12.2. The van der Waals surface area contributed by atoms with E-state index in [2.05, 4.69) is 5.32 Å². The van der Waals surface area contributed by atoms with Gasteiger partial charge in [0.1, 0.15) is 11.3 Å². The maximum atomic E-state index is 12.5. The van der Waals surface area contributed by atoms with Gasteiger partial charge in [-0.25, -0.2) is 0 Å². The van der Waals surface area contributed by atoms with E-state index in [1.165, 1.54) is 25.3 Å². The first kappa shape index (κ1) is 15.2. The first-order valence-electron chi connectivity index (χ1n) is 6.83. The Morgan fingerprint density at radius 2 is 2.33 bits per heavy atom. The van der Waals surface area contributed by atoms with E-state index in [0.29, 0.717) is 24.8 Å². The zero-order valence-electron chi connectivity index (χ0n) is 12.2. The van der Waals surface area contributed by atoms with Crippen molar-refractivity contribution >= 4 is 11.6 Å². The van der Waals surface area contributed by atoms with E-state index in [1.807, 2.05) is 7.05 Å². The molecule has 0 bridgehead atoms. The molecule has 0 aromatic heterocycles. The lowest BCUT2D eigenvalue weighted by atomic mass is 10.1. The van der Waals surface area contributed by atoms with Crippen molar-refractivity contribution < 1.29 is 14.5 Å². The predicted octanol–water partition coefficient (Wildman–Crippen LogP) is 1.28. The van der Waals surface area contributed by atoms with Crippen molar-refractivity contribution in [3.8, 4) is 5.75 Å². The second kappa shape index (κ2) is 6.53. The van der Waals surface area contributed by atoms with Crippen LogP contribution in [0.5, 0.6) is 5.75 Å². The number of nitro benzene ring substituents is 1. The lowest BCUT2D eigenvalue weighted by Crippen LogP contribution is -2.30. The van der Waals surface area contributed by atoms with Crippen LogP contribution in [0.15, 0.2) is 18.2 Å². The third-order valence-corrected chi connectivity index (χ3v) is 3.70. The quantitative estimate of drug-likeness (QED) is 0.653. The van der Waals surface area contributed by atoms with Crippen molar-refractivity contribution in [1.29, 1.82) is 0 Å². The van der Waals surface area contributed by atoms with Gasteiger partial charge in [0.25, 0.3) is 11.6 Å². The molecule has 1 saturated heterocycles. The Morgan fingerprint density at radius 1 is 1.57 bits per heavy atom. The monoisotopic (exact) mass is 293 g/mol. The summed E-state index contributed by atoms with van der Waals surface area (Å²) in [6.45, 7) is 2.08. The SMILES string of the molecule is CNCC1CCN(C(=O)c2cc(OC)ccc2[N+](=O)[O-])C1. The number of methoxy groups -OCH3 is 1. The third kappa shape index (κ3) is 3.30. The van der Waals surface area contributed by atoms with E-state index in [-0.39, 0.29) is 17.2 Å². The molecule has 1 N–H and O–H groups in total. The topological polar surface area (TPSA) is 84.7 Å². The molecular formula is C14H19N3O4. The smallest absolute Gasteiger partial charge is 0.282 e. The summed E-state index contributed by atoms with van der Waals surface area (Å²) in [6, 6.07) is 4.24. The maximum absolute atomic E-state index is 12.5. The molecular weight excluding hydrogens is 274 g/mol. The second-order valence-electron chi connectivity index (χ2n) is 5.10. The minimum absolute atomic E-state index is 0.0875. The number of ether oxygens (including phenoxy) is 1. The molecule has 21 heavy (non-hydrogen) atoms. The fourth-order valence-electron chi connectivity index (χ4n) is 2.62. The molecule has 1 unspecified atom stereocenters.